The van der Waals surface area contributed by atoms with Gasteiger partial charge in [-0.2, -0.15) is 5.10 Å². The number of anilines is 1. The van der Waals surface area contributed by atoms with Gasteiger partial charge in [0.2, 0.25) is 5.91 Å². The summed E-state index contributed by atoms with van der Waals surface area (Å²) in [5.74, 6) is 0.472. The van der Waals surface area contributed by atoms with Crippen LogP contribution in [0.4, 0.5) is 19.0 Å². The van der Waals surface area contributed by atoms with Gasteiger partial charge in [-0.05, 0) is 30.5 Å². The number of carbonyl (C=O) groups excluding carboxylic acids is 1. The van der Waals surface area contributed by atoms with Crippen LogP contribution in [0.15, 0.2) is 36.7 Å². The summed E-state index contributed by atoms with van der Waals surface area (Å²) < 4.78 is 39.9. The molecule has 0 atom stereocenters. The fourth-order valence-electron chi connectivity index (χ4n) is 4.74. The second kappa shape index (κ2) is 8.07. The molecule has 2 fully saturated rings. The van der Waals surface area contributed by atoms with Gasteiger partial charge < -0.3 is 9.80 Å². The molecule has 32 heavy (non-hydrogen) atoms. The standard InChI is InChI=1S/C22H23F3N6O/c23-16-3-1-15(2-4-16)12-30-14-22(9-20(30)32)5-7-29(8-6-22)19-11-26-17-10-27-31(13-18(24)25)21(17)28-19/h1-4,10-11,18H,5-9,12-14H2. The number of rotatable bonds is 5. The maximum Gasteiger partial charge on any atom is 0.258 e. The Morgan fingerprint density at radius 3 is 2.56 bits per heavy atom. The van der Waals surface area contributed by atoms with E-state index in [0.29, 0.717) is 49.6 Å². The maximum atomic E-state index is 13.2. The molecule has 2 aliphatic rings. The Morgan fingerprint density at radius 1 is 1.09 bits per heavy atom. The number of hydrogen-bond donors (Lipinski definition) is 0. The van der Waals surface area contributed by atoms with E-state index in [4.69, 9.17) is 0 Å². The van der Waals surface area contributed by atoms with Crippen molar-refractivity contribution in [2.75, 3.05) is 24.5 Å². The molecule has 3 aromatic rings. The first-order valence-electron chi connectivity index (χ1n) is 10.6. The highest BCUT2D eigenvalue weighted by molar-refractivity contribution is 5.79. The maximum absolute atomic E-state index is 13.2. The third kappa shape index (κ3) is 4.01. The van der Waals surface area contributed by atoms with Crippen LogP contribution in [-0.2, 0) is 17.9 Å². The summed E-state index contributed by atoms with van der Waals surface area (Å²) >= 11 is 0. The Hall–Kier alpha value is -3.17. The summed E-state index contributed by atoms with van der Waals surface area (Å²) in [7, 11) is 0. The van der Waals surface area contributed by atoms with Crippen molar-refractivity contribution < 1.29 is 18.0 Å². The topological polar surface area (TPSA) is 67.2 Å². The van der Waals surface area contributed by atoms with Crippen molar-refractivity contribution in [3.05, 3.63) is 48.0 Å². The summed E-state index contributed by atoms with van der Waals surface area (Å²) in [6, 6.07) is 6.25. The zero-order chi connectivity index (χ0) is 22.3. The van der Waals surface area contributed by atoms with Gasteiger partial charge in [0.1, 0.15) is 23.7 Å². The van der Waals surface area contributed by atoms with Crippen LogP contribution in [0, 0.1) is 11.2 Å². The summed E-state index contributed by atoms with van der Waals surface area (Å²) in [4.78, 5) is 25.5. The number of halogens is 3. The van der Waals surface area contributed by atoms with E-state index in [1.165, 1.54) is 23.0 Å². The third-order valence-electron chi connectivity index (χ3n) is 6.48. The van der Waals surface area contributed by atoms with Gasteiger partial charge in [0.15, 0.2) is 5.65 Å². The lowest BCUT2D eigenvalue weighted by molar-refractivity contribution is -0.128. The second-order valence-electron chi connectivity index (χ2n) is 8.69. The fraction of sp³-hybridized carbons (Fsp3) is 0.455. The van der Waals surface area contributed by atoms with Crippen molar-refractivity contribution in [1.29, 1.82) is 0 Å². The summed E-state index contributed by atoms with van der Waals surface area (Å²) in [5, 5.41) is 3.96. The quantitative estimate of drug-likeness (QED) is 0.605. The first kappa shape index (κ1) is 20.7. The minimum Gasteiger partial charge on any atom is -0.355 e. The van der Waals surface area contributed by atoms with Crippen molar-refractivity contribution in [3.63, 3.8) is 0 Å². The van der Waals surface area contributed by atoms with E-state index in [1.54, 1.807) is 18.3 Å². The summed E-state index contributed by atoms with van der Waals surface area (Å²) in [6.07, 6.45) is 2.74. The average molecular weight is 444 g/mol. The van der Waals surface area contributed by atoms with Gasteiger partial charge >= 0.3 is 0 Å². The molecular formula is C22H23F3N6O. The van der Waals surface area contributed by atoms with Gasteiger partial charge in [-0.3, -0.25) is 4.79 Å². The summed E-state index contributed by atoms with van der Waals surface area (Å²) in [6.45, 7) is 2.07. The van der Waals surface area contributed by atoms with Gasteiger partial charge in [0.25, 0.3) is 6.43 Å². The molecule has 0 unspecified atom stereocenters. The van der Waals surface area contributed by atoms with Gasteiger partial charge in [0, 0.05) is 38.0 Å². The Labute approximate surface area is 182 Å². The van der Waals surface area contributed by atoms with Gasteiger partial charge in [-0.1, -0.05) is 12.1 Å². The molecule has 1 amide bonds. The van der Waals surface area contributed by atoms with E-state index in [1.807, 2.05) is 4.90 Å². The predicted octanol–water partition coefficient (Wildman–Crippen LogP) is 3.25. The molecule has 2 aromatic heterocycles. The predicted molar refractivity (Wildman–Crippen MR) is 112 cm³/mol. The highest BCUT2D eigenvalue weighted by Crippen LogP contribution is 2.42. The van der Waals surface area contributed by atoms with E-state index in [2.05, 4.69) is 20.0 Å². The van der Waals surface area contributed by atoms with E-state index in [-0.39, 0.29) is 17.1 Å². The lowest BCUT2D eigenvalue weighted by Gasteiger charge is -2.39. The van der Waals surface area contributed by atoms with Crippen molar-refractivity contribution in [2.24, 2.45) is 5.41 Å². The molecule has 0 aliphatic carbocycles. The molecule has 0 N–H and O–H groups in total. The Kier molecular flexibility index (Phi) is 5.22. The van der Waals surface area contributed by atoms with Crippen molar-refractivity contribution >= 4 is 22.9 Å². The van der Waals surface area contributed by atoms with Crippen LogP contribution in [0.2, 0.25) is 0 Å². The average Bonchev–Trinajstić information content (AvgIpc) is 3.30. The Balaban J connectivity index is 1.25. The largest absolute Gasteiger partial charge is 0.355 e. The van der Waals surface area contributed by atoms with Crippen molar-refractivity contribution in [3.8, 4) is 0 Å². The molecule has 1 aromatic carbocycles. The van der Waals surface area contributed by atoms with Crippen LogP contribution >= 0.6 is 0 Å². The number of hydrogen-bond acceptors (Lipinski definition) is 5. The Bertz CT molecular complexity index is 1120. The number of nitrogens with zero attached hydrogens (tertiary/aromatic N) is 6. The minimum atomic E-state index is -2.52. The highest BCUT2D eigenvalue weighted by Gasteiger charge is 2.45. The van der Waals surface area contributed by atoms with Crippen LogP contribution in [0.5, 0.6) is 0 Å². The molecule has 168 valence electrons. The van der Waals surface area contributed by atoms with Crippen LogP contribution < -0.4 is 4.90 Å². The highest BCUT2D eigenvalue weighted by atomic mass is 19.3. The monoisotopic (exact) mass is 444 g/mol. The van der Waals surface area contributed by atoms with Gasteiger partial charge in [-0.25, -0.2) is 27.8 Å². The lowest BCUT2D eigenvalue weighted by Crippen LogP contribution is -2.42. The van der Waals surface area contributed by atoms with Crippen LogP contribution in [0.25, 0.3) is 11.2 Å². The number of piperidine rings is 1. The number of aromatic nitrogens is 4. The lowest BCUT2D eigenvalue weighted by atomic mass is 9.77. The van der Waals surface area contributed by atoms with Crippen LogP contribution in [0.1, 0.15) is 24.8 Å². The number of likely N-dealkylation sites (tertiary alicyclic amines) is 1. The number of benzene rings is 1. The fourth-order valence-corrected chi connectivity index (χ4v) is 4.74. The molecule has 2 saturated heterocycles. The van der Waals surface area contributed by atoms with Crippen molar-refractivity contribution in [1.82, 2.24) is 24.6 Å². The van der Waals surface area contributed by atoms with E-state index in [9.17, 15) is 18.0 Å². The molecule has 0 bridgehead atoms. The first-order chi connectivity index (χ1) is 15.4. The minimum absolute atomic E-state index is 0.0808. The molecule has 0 saturated carbocycles. The molecule has 5 rings (SSSR count). The summed E-state index contributed by atoms with van der Waals surface area (Å²) in [5.41, 5.74) is 1.67. The van der Waals surface area contributed by atoms with Crippen LogP contribution in [0.3, 0.4) is 0 Å². The van der Waals surface area contributed by atoms with Gasteiger partial charge in [0.05, 0.1) is 12.4 Å². The second-order valence-corrected chi connectivity index (χ2v) is 8.69. The number of amides is 1. The van der Waals surface area contributed by atoms with E-state index in [0.717, 1.165) is 18.4 Å². The van der Waals surface area contributed by atoms with Crippen LogP contribution in [-0.4, -0.2) is 56.6 Å². The molecular weight excluding hydrogens is 421 g/mol. The smallest absolute Gasteiger partial charge is 0.258 e. The molecule has 0 radical (unpaired) electrons. The van der Waals surface area contributed by atoms with Crippen molar-refractivity contribution in [2.45, 2.75) is 38.8 Å². The number of carbonyl (C=O) groups is 1. The first-order valence-corrected chi connectivity index (χ1v) is 10.6. The molecule has 7 nitrogen and oxygen atoms in total. The third-order valence-corrected chi connectivity index (χ3v) is 6.48. The Morgan fingerprint density at radius 2 is 1.84 bits per heavy atom. The molecule has 4 heterocycles. The zero-order valence-electron chi connectivity index (χ0n) is 17.4. The zero-order valence-corrected chi connectivity index (χ0v) is 17.4. The van der Waals surface area contributed by atoms with E-state index >= 15 is 0 Å². The normalized spacial score (nSPS) is 18.4. The van der Waals surface area contributed by atoms with E-state index < -0.39 is 13.0 Å². The van der Waals surface area contributed by atoms with Gasteiger partial charge in [-0.15, -0.1) is 0 Å². The number of alkyl halides is 2. The molecule has 10 heteroatoms. The molecule has 1 spiro atoms. The SMILES string of the molecule is O=C1CC2(CCN(c3cnc4cnn(CC(F)F)c4n3)CC2)CN1Cc1ccc(F)cc1. The number of fused-ring (bicyclic) bond motifs is 1. The molecule has 2 aliphatic heterocycles.